The quantitative estimate of drug-likeness (QED) is 0.589. The molecule has 0 saturated carbocycles. The number of carbonyl (C=O) groups is 2. The molecule has 1 atom stereocenters. The number of ether oxygens (including phenoxy) is 3. The molecule has 33 heavy (non-hydrogen) atoms. The highest BCUT2D eigenvalue weighted by molar-refractivity contribution is 6.30. The Hall–Kier alpha value is -3.96. The molecule has 0 spiro atoms. The fourth-order valence-corrected chi connectivity index (χ4v) is 3.57. The molecule has 0 saturated heterocycles. The number of allylic oxidation sites excluding steroid dienone is 2. The van der Waals surface area contributed by atoms with Gasteiger partial charge in [-0.2, -0.15) is 5.26 Å². The third-order valence-electron chi connectivity index (χ3n) is 4.77. The molecular weight excluding hydrogens is 446 g/mol. The number of halogens is 1. The van der Waals surface area contributed by atoms with Crippen molar-refractivity contribution >= 4 is 29.2 Å². The molecule has 2 aromatic rings. The standard InChI is InChI=1S/C24H22ClN3O5/c1-3-31-24(30)21-14(2)33-23(27)19(12-26)22(21)15-6-4-9-18(10-15)32-13-20(29)28-17-8-5-7-16(25)11-17/h4-11,22H,3,13,27H2,1-2H3,(H,28,29). The number of benzene rings is 2. The van der Waals surface area contributed by atoms with Gasteiger partial charge in [-0.3, -0.25) is 4.79 Å². The van der Waals surface area contributed by atoms with Gasteiger partial charge in [0, 0.05) is 10.7 Å². The summed E-state index contributed by atoms with van der Waals surface area (Å²) >= 11 is 5.93. The van der Waals surface area contributed by atoms with Gasteiger partial charge in [0.1, 0.15) is 23.2 Å². The highest BCUT2D eigenvalue weighted by Gasteiger charge is 2.36. The molecular formula is C24H22ClN3O5. The number of nitriles is 1. The van der Waals surface area contributed by atoms with Crippen LogP contribution in [-0.4, -0.2) is 25.1 Å². The highest BCUT2D eigenvalue weighted by Crippen LogP contribution is 2.40. The minimum atomic E-state index is -0.799. The van der Waals surface area contributed by atoms with Crippen LogP contribution in [0.3, 0.4) is 0 Å². The number of esters is 1. The molecule has 3 rings (SSSR count). The van der Waals surface area contributed by atoms with Gasteiger partial charge in [-0.15, -0.1) is 0 Å². The summed E-state index contributed by atoms with van der Waals surface area (Å²) in [7, 11) is 0. The number of hydrogen-bond donors (Lipinski definition) is 2. The molecule has 1 amide bonds. The molecule has 0 bridgehead atoms. The van der Waals surface area contributed by atoms with Crippen molar-refractivity contribution < 1.29 is 23.8 Å². The second-order valence-corrected chi connectivity index (χ2v) is 7.47. The predicted octanol–water partition coefficient (Wildman–Crippen LogP) is 4.00. The number of amides is 1. The maximum Gasteiger partial charge on any atom is 0.338 e. The van der Waals surface area contributed by atoms with Crippen molar-refractivity contribution in [2.24, 2.45) is 5.73 Å². The zero-order valence-electron chi connectivity index (χ0n) is 18.1. The number of rotatable bonds is 7. The first-order valence-corrected chi connectivity index (χ1v) is 10.5. The molecule has 1 aliphatic heterocycles. The number of nitrogens with two attached hydrogens (primary N) is 1. The Bertz CT molecular complexity index is 1180. The van der Waals surface area contributed by atoms with Crippen LogP contribution in [0.25, 0.3) is 0 Å². The van der Waals surface area contributed by atoms with Gasteiger partial charge in [0.2, 0.25) is 5.88 Å². The van der Waals surface area contributed by atoms with E-state index < -0.39 is 11.9 Å². The zero-order chi connectivity index (χ0) is 24.0. The van der Waals surface area contributed by atoms with Crippen molar-refractivity contribution in [3.8, 4) is 11.8 Å². The van der Waals surface area contributed by atoms with Crippen molar-refractivity contribution in [2.45, 2.75) is 19.8 Å². The van der Waals surface area contributed by atoms with Gasteiger partial charge in [-0.05, 0) is 49.7 Å². The Morgan fingerprint density at radius 1 is 1.24 bits per heavy atom. The average molecular weight is 468 g/mol. The Labute approximate surface area is 196 Å². The molecule has 0 radical (unpaired) electrons. The molecule has 2 aromatic carbocycles. The van der Waals surface area contributed by atoms with Crippen molar-refractivity contribution in [1.82, 2.24) is 0 Å². The summed E-state index contributed by atoms with van der Waals surface area (Å²) in [6.07, 6.45) is 0. The first-order chi connectivity index (χ1) is 15.8. The monoisotopic (exact) mass is 467 g/mol. The average Bonchev–Trinajstić information content (AvgIpc) is 2.77. The summed E-state index contributed by atoms with van der Waals surface area (Å²) in [6.45, 7) is 3.17. The van der Waals surface area contributed by atoms with Crippen molar-refractivity contribution in [3.63, 3.8) is 0 Å². The lowest BCUT2D eigenvalue weighted by atomic mass is 9.83. The number of nitrogens with zero attached hydrogens (tertiary/aromatic N) is 1. The Morgan fingerprint density at radius 2 is 2.00 bits per heavy atom. The number of anilines is 1. The first kappa shape index (κ1) is 23.7. The highest BCUT2D eigenvalue weighted by atomic mass is 35.5. The Balaban J connectivity index is 1.82. The topological polar surface area (TPSA) is 124 Å². The summed E-state index contributed by atoms with van der Waals surface area (Å²) in [5.41, 5.74) is 7.29. The van der Waals surface area contributed by atoms with Gasteiger partial charge >= 0.3 is 5.97 Å². The van der Waals surface area contributed by atoms with E-state index in [1.165, 1.54) is 0 Å². The molecule has 0 aliphatic carbocycles. The summed E-state index contributed by atoms with van der Waals surface area (Å²) in [5, 5.41) is 12.9. The van der Waals surface area contributed by atoms with Crippen LogP contribution in [0.1, 0.15) is 25.3 Å². The van der Waals surface area contributed by atoms with Gasteiger partial charge < -0.3 is 25.3 Å². The molecule has 0 aromatic heterocycles. The lowest BCUT2D eigenvalue weighted by Crippen LogP contribution is -2.25. The Morgan fingerprint density at radius 3 is 2.70 bits per heavy atom. The fourth-order valence-electron chi connectivity index (χ4n) is 3.38. The van der Waals surface area contributed by atoms with E-state index in [1.807, 2.05) is 6.07 Å². The van der Waals surface area contributed by atoms with E-state index in [-0.39, 0.29) is 41.9 Å². The van der Waals surface area contributed by atoms with Crippen LogP contribution < -0.4 is 15.8 Å². The smallest absolute Gasteiger partial charge is 0.338 e. The molecule has 1 unspecified atom stereocenters. The summed E-state index contributed by atoms with van der Waals surface area (Å²) in [4.78, 5) is 24.9. The number of nitrogens with one attached hydrogen (secondary N) is 1. The van der Waals surface area contributed by atoms with Crippen molar-refractivity contribution in [2.75, 3.05) is 18.5 Å². The maximum atomic E-state index is 12.6. The van der Waals surface area contributed by atoms with Crippen LogP contribution in [-0.2, 0) is 19.1 Å². The van der Waals surface area contributed by atoms with E-state index in [4.69, 9.17) is 31.5 Å². The van der Waals surface area contributed by atoms with Crippen LogP contribution in [0.4, 0.5) is 5.69 Å². The molecule has 9 heteroatoms. The summed E-state index contributed by atoms with van der Waals surface area (Å²) in [5.74, 6) is -1.24. The predicted molar refractivity (Wildman–Crippen MR) is 122 cm³/mol. The molecule has 8 nitrogen and oxygen atoms in total. The van der Waals surface area contributed by atoms with Crippen LogP contribution in [0.5, 0.6) is 5.75 Å². The summed E-state index contributed by atoms with van der Waals surface area (Å²) in [6, 6.07) is 15.5. The second-order valence-electron chi connectivity index (χ2n) is 7.03. The van der Waals surface area contributed by atoms with Crippen molar-refractivity contribution in [1.29, 1.82) is 5.26 Å². The van der Waals surface area contributed by atoms with Crippen molar-refractivity contribution in [3.05, 3.63) is 81.9 Å². The minimum absolute atomic E-state index is 0.0829. The first-order valence-electron chi connectivity index (χ1n) is 10.1. The van der Waals surface area contributed by atoms with E-state index in [2.05, 4.69) is 5.32 Å². The van der Waals surface area contributed by atoms with Gasteiger partial charge in [0.15, 0.2) is 6.61 Å². The third kappa shape index (κ3) is 5.64. The lowest BCUT2D eigenvalue weighted by Gasteiger charge is -2.27. The lowest BCUT2D eigenvalue weighted by molar-refractivity contribution is -0.139. The van der Waals surface area contributed by atoms with Crippen LogP contribution in [0.2, 0.25) is 5.02 Å². The van der Waals surface area contributed by atoms with E-state index in [0.717, 1.165) is 0 Å². The number of hydrogen-bond acceptors (Lipinski definition) is 7. The SMILES string of the molecule is CCOC(=O)C1=C(C)OC(N)=C(C#N)C1c1cccc(OCC(=O)Nc2cccc(Cl)c2)c1. The van der Waals surface area contributed by atoms with Crippen LogP contribution >= 0.6 is 11.6 Å². The molecule has 1 heterocycles. The molecule has 170 valence electrons. The molecule has 1 aliphatic rings. The minimum Gasteiger partial charge on any atom is -0.484 e. The van der Waals surface area contributed by atoms with E-state index in [9.17, 15) is 14.9 Å². The van der Waals surface area contributed by atoms with Gasteiger partial charge in [-0.25, -0.2) is 4.79 Å². The third-order valence-corrected chi connectivity index (χ3v) is 5.01. The van der Waals surface area contributed by atoms with Crippen LogP contribution in [0.15, 0.2) is 71.3 Å². The van der Waals surface area contributed by atoms with E-state index in [0.29, 0.717) is 22.0 Å². The van der Waals surface area contributed by atoms with Crippen LogP contribution in [0, 0.1) is 11.3 Å². The number of carbonyl (C=O) groups excluding carboxylic acids is 2. The van der Waals surface area contributed by atoms with Gasteiger partial charge in [0.05, 0.1) is 18.1 Å². The van der Waals surface area contributed by atoms with Gasteiger partial charge in [0.25, 0.3) is 5.91 Å². The fraction of sp³-hybridized carbons (Fsp3) is 0.208. The van der Waals surface area contributed by atoms with E-state index in [1.54, 1.807) is 62.4 Å². The van der Waals surface area contributed by atoms with E-state index >= 15 is 0 Å². The van der Waals surface area contributed by atoms with Gasteiger partial charge in [-0.1, -0.05) is 29.8 Å². The zero-order valence-corrected chi connectivity index (χ0v) is 18.8. The Kier molecular flexibility index (Phi) is 7.59. The second kappa shape index (κ2) is 10.6. The maximum absolute atomic E-state index is 12.6. The normalized spacial score (nSPS) is 15.4. The molecule has 3 N–H and O–H groups in total. The summed E-state index contributed by atoms with van der Waals surface area (Å²) < 4.78 is 16.2. The molecule has 0 fully saturated rings. The largest absolute Gasteiger partial charge is 0.484 e.